The molecule has 14 heavy (non-hydrogen) atoms. The zero-order valence-electron chi connectivity index (χ0n) is 8.03. The Balaban J connectivity index is 0.000000980. The summed E-state index contributed by atoms with van der Waals surface area (Å²) in [5.74, 6) is 1.73. The molecule has 2 rings (SSSR count). The predicted octanol–water partition coefficient (Wildman–Crippen LogP) is 1.38. The normalized spacial score (nSPS) is 18.9. The molecule has 1 aromatic rings. The summed E-state index contributed by atoms with van der Waals surface area (Å²) in [5, 5.41) is 0. The van der Waals surface area contributed by atoms with E-state index in [2.05, 4.69) is 0 Å². The van der Waals surface area contributed by atoms with E-state index in [1.807, 2.05) is 18.2 Å². The van der Waals surface area contributed by atoms with E-state index in [9.17, 15) is 0 Å². The van der Waals surface area contributed by atoms with Gasteiger partial charge in [0.05, 0.1) is 7.11 Å². The summed E-state index contributed by atoms with van der Waals surface area (Å²) in [6.07, 6.45) is 0.888. The van der Waals surface area contributed by atoms with E-state index in [-0.39, 0.29) is 18.4 Å². The largest absolute Gasteiger partial charge is 0.497 e. The van der Waals surface area contributed by atoms with Crippen LogP contribution in [0, 0.1) is 0 Å². The molecular weight excluding hydrogens is 202 g/mol. The molecule has 0 aliphatic carbocycles. The summed E-state index contributed by atoms with van der Waals surface area (Å²) in [5.41, 5.74) is 6.93. The number of ether oxygens (including phenoxy) is 2. The van der Waals surface area contributed by atoms with Crippen LogP contribution in [0.3, 0.4) is 0 Å². The van der Waals surface area contributed by atoms with Gasteiger partial charge in [0.25, 0.3) is 0 Å². The third-order valence-corrected chi connectivity index (χ3v) is 2.21. The smallest absolute Gasteiger partial charge is 0.126 e. The van der Waals surface area contributed by atoms with Crippen molar-refractivity contribution in [3.8, 4) is 11.5 Å². The van der Waals surface area contributed by atoms with Crippen LogP contribution in [-0.4, -0.2) is 19.8 Å². The zero-order chi connectivity index (χ0) is 9.26. The number of hydrogen-bond acceptors (Lipinski definition) is 3. The molecule has 0 radical (unpaired) electrons. The lowest BCUT2D eigenvalue weighted by Crippen LogP contribution is -2.33. The third kappa shape index (κ3) is 2.11. The Morgan fingerprint density at radius 1 is 1.50 bits per heavy atom. The van der Waals surface area contributed by atoms with Gasteiger partial charge in [-0.25, -0.2) is 0 Å². The molecule has 0 fully saturated rings. The maximum absolute atomic E-state index is 5.76. The van der Waals surface area contributed by atoms with Gasteiger partial charge in [-0.15, -0.1) is 12.4 Å². The molecule has 0 unspecified atom stereocenters. The zero-order valence-corrected chi connectivity index (χ0v) is 8.84. The minimum atomic E-state index is 0. The van der Waals surface area contributed by atoms with Crippen LogP contribution < -0.4 is 15.2 Å². The minimum Gasteiger partial charge on any atom is -0.497 e. The van der Waals surface area contributed by atoms with Gasteiger partial charge in [0.2, 0.25) is 0 Å². The lowest BCUT2D eigenvalue weighted by molar-refractivity contribution is 0.262. The first-order valence-electron chi connectivity index (χ1n) is 4.35. The summed E-state index contributed by atoms with van der Waals surface area (Å²) in [4.78, 5) is 0. The van der Waals surface area contributed by atoms with E-state index in [0.29, 0.717) is 6.61 Å². The maximum atomic E-state index is 5.76. The summed E-state index contributed by atoms with van der Waals surface area (Å²) in [6, 6.07) is 5.97. The number of rotatable bonds is 1. The highest BCUT2D eigenvalue weighted by molar-refractivity contribution is 5.85. The standard InChI is InChI=1S/C10H13NO2.ClH/c1-12-9-3-2-7-4-8(11)6-13-10(7)5-9;/h2-3,5,8H,4,6,11H2,1H3;1H/t8-;/m1./s1. The SMILES string of the molecule is COc1ccc2c(c1)OC[C@H](N)C2.Cl. The van der Waals surface area contributed by atoms with Crippen LogP contribution in [0.4, 0.5) is 0 Å². The Hall–Kier alpha value is -0.930. The summed E-state index contributed by atoms with van der Waals surface area (Å²) in [7, 11) is 1.65. The van der Waals surface area contributed by atoms with Gasteiger partial charge in [-0.3, -0.25) is 0 Å². The number of hydrogen-bond donors (Lipinski definition) is 1. The highest BCUT2D eigenvalue weighted by Gasteiger charge is 2.16. The van der Waals surface area contributed by atoms with Crippen molar-refractivity contribution in [2.75, 3.05) is 13.7 Å². The van der Waals surface area contributed by atoms with Crippen molar-refractivity contribution in [2.24, 2.45) is 5.73 Å². The molecule has 0 aromatic heterocycles. The Labute approximate surface area is 89.6 Å². The van der Waals surface area contributed by atoms with Gasteiger partial charge in [0.15, 0.2) is 0 Å². The summed E-state index contributed by atoms with van der Waals surface area (Å²) < 4.78 is 10.6. The first-order chi connectivity index (χ1) is 6.29. The van der Waals surface area contributed by atoms with Crippen LogP contribution in [0.25, 0.3) is 0 Å². The van der Waals surface area contributed by atoms with Crippen LogP contribution >= 0.6 is 12.4 Å². The molecule has 1 heterocycles. The molecular formula is C10H14ClNO2. The van der Waals surface area contributed by atoms with Gasteiger partial charge < -0.3 is 15.2 Å². The summed E-state index contributed by atoms with van der Waals surface area (Å²) >= 11 is 0. The van der Waals surface area contributed by atoms with Crippen molar-refractivity contribution in [2.45, 2.75) is 12.5 Å². The van der Waals surface area contributed by atoms with E-state index in [4.69, 9.17) is 15.2 Å². The predicted molar refractivity (Wildman–Crippen MR) is 57.4 cm³/mol. The molecule has 1 aliphatic rings. The van der Waals surface area contributed by atoms with Crippen molar-refractivity contribution in [3.63, 3.8) is 0 Å². The molecule has 3 nitrogen and oxygen atoms in total. The van der Waals surface area contributed by atoms with Crippen LogP contribution in [-0.2, 0) is 6.42 Å². The molecule has 0 saturated carbocycles. The van der Waals surface area contributed by atoms with Crippen LogP contribution in [0.2, 0.25) is 0 Å². The molecule has 1 atom stereocenters. The fraction of sp³-hybridized carbons (Fsp3) is 0.400. The Kier molecular flexibility index (Phi) is 3.61. The topological polar surface area (TPSA) is 44.5 Å². The Bertz CT molecular complexity index is 317. The molecule has 0 amide bonds. The van der Waals surface area contributed by atoms with E-state index in [1.165, 1.54) is 5.56 Å². The molecule has 0 saturated heterocycles. The minimum absolute atomic E-state index is 0. The first kappa shape index (κ1) is 11.1. The lowest BCUT2D eigenvalue weighted by Gasteiger charge is -2.22. The molecule has 2 N–H and O–H groups in total. The molecule has 0 bridgehead atoms. The van der Waals surface area contributed by atoms with E-state index in [1.54, 1.807) is 7.11 Å². The molecule has 78 valence electrons. The van der Waals surface area contributed by atoms with Crippen molar-refractivity contribution in [1.82, 2.24) is 0 Å². The lowest BCUT2D eigenvalue weighted by atomic mass is 10.0. The molecule has 1 aromatic carbocycles. The highest BCUT2D eigenvalue weighted by Crippen LogP contribution is 2.28. The molecule has 0 spiro atoms. The van der Waals surface area contributed by atoms with E-state index in [0.717, 1.165) is 17.9 Å². The van der Waals surface area contributed by atoms with Crippen molar-refractivity contribution >= 4 is 12.4 Å². The second-order valence-electron chi connectivity index (χ2n) is 3.25. The number of nitrogens with two attached hydrogens (primary N) is 1. The van der Waals surface area contributed by atoms with E-state index >= 15 is 0 Å². The monoisotopic (exact) mass is 215 g/mol. The first-order valence-corrected chi connectivity index (χ1v) is 4.35. The fourth-order valence-corrected chi connectivity index (χ4v) is 1.50. The number of benzene rings is 1. The van der Waals surface area contributed by atoms with Crippen molar-refractivity contribution in [1.29, 1.82) is 0 Å². The number of fused-ring (bicyclic) bond motifs is 1. The highest BCUT2D eigenvalue weighted by atomic mass is 35.5. The Morgan fingerprint density at radius 2 is 2.29 bits per heavy atom. The van der Waals surface area contributed by atoms with Gasteiger partial charge in [-0.1, -0.05) is 6.07 Å². The van der Waals surface area contributed by atoms with E-state index < -0.39 is 0 Å². The molecule has 1 aliphatic heterocycles. The van der Waals surface area contributed by atoms with Gasteiger partial charge >= 0.3 is 0 Å². The van der Waals surface area contributed by atoms with Crippen molar-refractivity contribution in [3.05, 3.63) is 23.8 Å². The van der Waals surface area contributed by atoms with Gasteiger partial charge in [-0.2, -0.15) is 0 Å². The van der Waals surface area contributed by atoms with Crippen LogP contribution in [0.5, 0.6) is 11.5 Å². The molecule has 4 heteroatoms. The van der Waals surface area contributed by atoms with Gasteiger partial charge in [0.1, 0.15) is 18.1 Å². The maximum Gasteiger partial charge on any atom is 0.126 e. The van der Waals surface area contributed by atoms with Gasteiger partial charge in [-0.05, 0) is 18.1 Å². The van der Waals surface area contributed by atoms with Gasteiger partial charge in [0, 0.05) is 12.1 Å². The average molecular weight is 216 g/mol. The second kappa shape index (κ2) is 4.53. The van der Waals surface area contributed by atoms with Crippen LogP contribution in [0.15, 0.2) is 18.2 Å². The summed E-state index contributed by atoms with van der Waals surface area (Å²) in [6.45, 7) is 0.597. The average Bonchev–Trinajstić information content (AvgIpc) is 2.17. The number of halogens is 1. The second-order valence-corrected chi connectivity index (χ2v) is 3.25. The quantitative estimate of drug-likeness (QED) is 0.770. The third-order valence-electron chi connectivity index (χ3n) is 2.21. The fourth-order valence-electron chi connectivity index (χ4n) is 1.50. The number of methoxy groups -OCH3 is 1. The Morgan fingerprint density at radius 3 is 3.00 bits per heavy atom. The van der Waals surface area contributed by atoms with Crippen molar-refractivity contribution < 1.29 is 9.47 Å². The van der Waals surface area contributed by atoms with Crippen LogP contribution in [0.1, 0.15) is 5.56 Å².